The van der Waals surface area contributed by atoms with E-state index in [1.54, 1.807) is 0 Å². The van der Waals surface area contributed by atoms with Gasteiger partial charge in [0.25, 0.3) is 0 Å². The van der Waals surface area contributed by atoms with Crippen LogP contribution in [0, 0.1) is 0 Å². The topological polar surface area (TPSA) is 78.9 Å². The number of hydrogen-bond acceptors (Lipinski definition) is 6. The number of allylic oxidation sites excluding steroid dienone is 14. The first kappa shape index (κ1) is 68.6. The van der Waals surface area contributed by atoms with Crippen LogP contribution in [0.4, 0.5) is 0 Å². The molecule has 0 aliphatic rings. The molecule has 0 aromatic rings. The van der Waals surface area contributed by atoms with Crippen molar-refractivity contribution in [3.8, 4) is 0 Å². The molecule has 0 bridgehead atoms. The van der Waals surface area contributed by atoms with E-state index in [9.17, 15) is 14.4 Å². The maximum absolute atomic E-state index is 12.8. The standard InChI is InChI=1S/C66H114O6/c1-4-7-10-13-16-19-21-23-25-27-29-30-31-32-33-34-35-36-38-39-41-43-45-47-50-53-56-59-65(68)71-62-63(61-70-64(67)58-55-52-49-18-15-12-9-6-3)72-66(69)60-57-54-51-48-46-44-42-40-37-28-26-24-22-20-17-14-11-8-5-2/h7,10,16,19,23-26,29-30,32-33,35-36,63H,4-6,8-9,11-15,17-18,20-22,27-28,31,34,37-62H2,1-3H3/b10-7-,19-16-,25-23-,26-24-,30-29-,33-32-,36-35-. The fourth-order valence-electron chi connectivity index (χ4n) is 8.56. The number of hydrogen-bond donors (Lipinski definition) is 0. The highest BCUT2D eigenvalue weighted by molar-refractivity contribution is 5.71. The van der Waals surface area contributed by atoms with Crippen molar-refractivity contribution in [2.24, 2.45) is 0 Å². The van der Waals surface area contributed by atoms with Gasteiger partial charge in [0.1, 0.15) is 13.2 Å². The van der Waals surface area contributed by atoms with Gasteiger partial charge in [-0.25, -0.2) is 0 Å². The maximum Gasteiger partial charge on any atom is 0.306 e. The first-order chi connectivity index (χ1) is 35.5. The van der Waals surface area contributed by atoms with E-state index in [0.29, 0.717) is 19.3 Å². The Labute approximate surface area is 445 Å². The molecule has 0 aromatic carbocycles. The molecular formula is C66H114O6. The maximum atomic E-state index is 12.8. The monoisotopic (exact) mass is 1000 g/mol. The van der Waals surface area contributed by atoms with E-state index in [0.717, 1.165) is 103 Å². The smallest absolute Gasteiger partial charge is 0.306 e. The Kier molecular flexibility index (Phi) is 57.3. The van der Waals surface area contributed by atoms with Gasteiger partial charge >= 0.3 is 17.9 Å². The summed E-state index contributed by atoms with van der Waals surface area (Å²) in [6.45, 7) is 6.51. The molecule has 0 saturated carbocycles. The largest absolute Gasteiger partial charge is 0.462 e. The Hall–Kier alpha value is -3.41. The summed E-state index contributed by atoms with van der Waals surface area (Å²) < 4.78 is 16.8. The van der Waals surface area contributed by atoms with Gasteiger partial charge in [0.15, 0.2) is 6.10 Å². The van der Waals surface area contributed by atoms with Crippen LogP contribution in [0.2, 0.25) is 0 Å². The number of unbranched alkanes of at least 4 members (excludes halogenated alkanes) is 30. The zero-order valence-electron chi connectivity index (χ0n) is 47.4. The van der Waals surface area contributed by atoms with Crippen molar-refractivity contribution in [1.29, 1.82) is 0 Å². The number of rotatable bonds is 55. The summed E-state index contributed by atoms with van der Waals surface area (Å²) >= 11 is 0. The van der Waals surface area contributed by atoms with Crippen LogP contribution in [0.5, 0.6) is 0 Å². The van der Waals surface area contributed by atoms with E-state index >= 15 is 0 Å². The fraction of sp³-hybridized carbons (Fsp3) is 0.742. The first-order valence-corrected chi connectivity index (χ1v) is 30.6. The molecule has 1 atom stereocenters. The van der Waals surface area contributed by atoms with Crippen LogP contribution in [0.1, 0.15) is 297 Å². The summed E-state index contributed by atoms with van der Waals surface area (Å²) in [6.07, 6.45) is 78.8. The van der Waals surface area contributed by atoms with Crippen molar-refractivity contribution in [2.45, 2.75) is 303 Å². The highest BCUT2D eigenvalue weighted by Crippen LogP contribution is 2.16. The molecule has 0 aliphatic carbocycles. The average molecular weight is 1000 g/mol. The van der Waals surface area contributed by atoms with Gasteiger partial charge in [-0.15, -0.1) is 0 Å². The van der Waals surface area contributed by atoms with Crippen LogP contribution in [-0.2, 0) is 28.6 Å². The van der Waals surface area contributed by atoms with Crippen molar-refractivity contribution in [1.82, 2.24) is 0 Å². The van der Waals surface area contributed by atoms with Gasteiger partial charge < -0.3 is 14.2 Å². The number of ether oxygens (including phenoxy) is 3. The molecular weight excluding hydrogens is 889 g/mol. The van der Waals surface area contributed by atoms with Gasteiger partial charge in [0.2, 0.25) is 0 Å². The van der Waals surface area contributed by atoms with Gasteiger partial charge in [-0.2, -0.15) is 0 Å². The second-order valence-electron chi connectivity index (χ2n) is 20.2. The average Bonchev–Trinajstić information content (AvgIpc) is 3.38. The van der Waals surface area contributed by atoms with E-state index in [1.807, 2.05) is 0 Å². The summed E-state index contributed by atoms with van der Waals surface area (Å²) in [5.41, 5.74) is 0. The second-order valence-corrected chi connectivity index (χ2v) is 20.2. The van der Waals surface area contributed by atoms with Crippen LogP contribution in [0.15, 0.2) is 85.1 Å². The molecule has 0 heterocycles. The van der Waals surface area contributed by atoms with Crippen molar-refractivity contribution >= 4 is 17.9 Å². The van der Waals surface area contributed by atoms with Crippen LogP contribution in [0.3, 0.4) is 0 Å². The third-order valence-electron chi connectivity index (χ3n) is 13.1. The van der Waals surface area contributed by atoms with Crippen molar-refractivity contribution in [2.75, 3.05) is 13.2 Å². The van der Waals surface area contributed by atoms with Crippen LogP contribution in [-0.4, -0.2) is 37.2 Å². The summed E-state index contributed by atoms with van der Waals surface area (Å²) in [5, 5.41) is 0. The van der Waals surface area contributed by atoms with Crippen LogP contribution >= 0.6 is 0 Å². The van der Waals surface area contributed by atoms with E-state index in [1.165, 1.54) is 154 Å². The number of esters is 3. The Morgan fingerprint density at radius 1 is 0.292 bits per heavy atom. The summed E-state index contributed by atoms with van der Waals surface area (Å²) in [5.74, 6) is -0.884. The zero-order chi connectivity index (χ0) is 52.2. The molecule has 6 nitrogen and oxygen atoms in total. The van der Waals surface area contributed by atoms with E-state index < -0.39 is 6.10 Å². The third-order valence-corrected chi connectivity index (χ3v) is 13.1. The number of carbonyl (C=O) groups is 3. The predicted molar refractivity (Wildman–Crippen MR) is 311 cm³/mol. The van der Waals surface area contributed by atoms with Gasteiger partial charge in [0, 0.05) is 19.3 Å². The Morgan fingerprint density at radius 3 is 0.861 bits per heavy atom. The summed E-state index contributed by atoms with van der Waals surface area (Å²) in [7, 11) is 0. The third kappa shape index (κ3) is 57.5. The van der Waals surface area contributed by atoms with E-state index in [2.05, 4.69) is 106 Å². The van der Waals surface area contributed by atoms with Gasteiger partial charge in [-0.1, -0.05) is 266 Å². The summed E-state index contributed by atoms with van der Waals surface area (Å²) in [6, 6.07) is 0. The Bertz CT molecular complexity index is 1380. The second kappa shape index (κ2) is 60.1. The molecule has 414 valence electrons. The van der Waals surface area contributed by atoms with Crippen molar-refractivity contribution in [3.63, 3.8) is 0 Å². The lowest BCUT2D eigenvalue weighted by molar-refractivity contribution is -0.167. The summed E-state index contributed by atoms with van der Waals surface area (Å²) in [4.78, 5) is 38.1. The zero-order valence-corrected chi connectivity index (χ0v) is 47.4. The highest BCUT2D eigenvalue weighted by Gasteiger charge is 2.19. The Balaban J connectivity index is 4.21. The molecule has 1 unspecified atom stereocenters. The molecule has 0 spiro atoms. The van der Waals surface area contributed by atoms with Crippen LogP contribution < -0.4 is 0 Å². The molecule has 0 aromatic heterocycles. The molecule has 6 heteroatoms. The molecule has 0 saturated heterocycles. The van der Waals surface area contributed by atoms with Crippen molar-refractivity contribution in [3.05, 3.63) is 85.1 Å². The van der Waals surface area contributed by atoms with E-state index in [-0.39, 0.29) is 31.1 Å². The Morgan fingerprint density at radius 2 is 0.542 bits per heavy atom. The minimum Gasteiger partial charge on any atom is -0.462 e. The predicted octanol–water partition coefficient (Wildman–Crippen LogP) is 20.7. The number of carbonyl (C=O) groups excluding carboxylic acids is 3. The quantitative estimate of drug-likeness (QED) is 0.0261. The SMILES string of the molecule is CC/C=C\C/C=C\C/C=C\C/C=C\C/C=C\C/C=C\CCCCCCCCCCC(=O)OCC(COC(=O)CCCCCCCCCC)OC(=O)CCCCCCCCCCC/C=C\CCCCCCCC. The van der Waals surface area contributed by atoms with Crippen molar-refractivity contribution < 1.29 is 28.6 Å². The lowest BCUT2D eigenvalue weighted by Gasteiger charge is -2.18. The lowest BCUT2D eigenvalue weighted by Crippen LogP contribution is -2.30. The van der Waals surface area contributed by atoms with Gasteiger partial charge in [0.05, 0.1) is 0 Å². The van der Waals surface area contributed by atoms with Crippen LogP contribution in [0.25, 0.3) is 0 Å². The molecule has 0 aliphatic heterocycles. The molecule has 0 fully saturated rings. The molecule has 0 rings (SSSR count). The van der Waals surface area contributed by atoms with E-state index in [4.69, 9.17) is 14.2 Å². The first-order valence-electron chi connectivity index (χ1n) is 30.6. The molecule has 0 amide bonds. The molecule has 0 radical (unpaired) electrons. The minimum atomic E-state index is -0.779. The highest BCUT2D eigenvalue weighted by atomic mass is 16.6. The normalized spacial score (nSPS) is 12.7. The lowest BCUT2D eigenvalue weighted by atomic mass is 10.1. The molecule has 72 heavy (non-hydrogen) atoms. The minimum absolute atomic E-state index is 0.0776. The van der Waals surface area contributed by atoms with Gasteiger partial charge in [-0.05, 0) is 96.3 Å². The fourth-order valence-corrected chi connectivity index (χ4v) is 8.56. The molecule has 0 N–H and O–H groups in total. The van der Waals surface area contributed by atoms with Gasteiger partial charge in [-0.3, -0.25) is 14.4 Å².